The number of rotatable bonds is 6. The van der Waals surface area contributed by atoms with E-state index in [0.29, 0.717) is 11.6 Å². The molecule has 28 heavy (non-hydrogen) atoms. The van der Waals surface area contributed by atoms with E-state index in [2.05, 4.69) is 4.98 Å². The molecule has 1 amide bonds. The summed E-state index contributed by atoms with van der Waals surface area (Å²) in [7, 11) is 1.26. The quantitative estimate of drug-likeness (QED) is 0.736. The van der Waals surface area contributed by atoms with Crippen molar-refractivity contribution in [3.8, 4) is 0 Å². The number of carbonyl (C=O) groups is 3. The molecule has 2 heterocycles. The maximum absolute atomic E-state index is 12.6. The molecule has 1 aromatic heterocycles. The first kappa shape index (κ1) is 19.9. The first-order valence-electron chi connectivity index (χ1n) is 8.75. The molecule has 0 spiro atoms. The SMILES string of the molecule is COC(=O)[C@@H]1Cc2ncn(Cc3ccc(Cl)cc3)c2CN1C(=O)CCC(=O)O. The van der Waals surface area contributed by atoms with Crippen LogP contribution in [0.2, 0.25) is 5.02 Å². The highest BCUT2D eigenvalue weighted by molar-refractivity contribution is 6.30. The molecular weight excluding hydrogens is 386 g/mol. The molecule has 1 N–H and O–H groups in total. The summed E-state index contributed by atoms with van der Waals surface area (Å²) in [6, 6.07) is 6.61. The Balaban J connectivity index is 1.85. The van der Waals surface area contributed by atoms with Gasteiger partial charge in [-0.3, -0.25) is 9.59 Å². The number of nitrogens with zero attached hydrogens (tertiary/aromatic N) is 3. The molecule has 0 bridgehead atoms. The molecule has 1 aliphatic heterocycles. The third-order valence-corrected chi connectivity index (χ3v) is 4.98. The average molecular weight is 406 g/mol. The summed E-state index contributed by atoms with van der Waals surface area (Å²) in [4.78, 5) is 41.4. The van der Waals surface area contributed by atoms with Crippen molar-refractivity contribution >= 4 is 29.4 Å². The minimum absolute atomic E-state index is 0.168. The van der Waals surface area contributed by atoms with Crippen LogP contribution >= 0.6 is 11.6 Å². The molecule has 2 aromatic rings. The summed E-state index contributed by atoms with van der Waals surface area (Å²) < 4.78 is 6.75. The van der Waals surface area contributed by atoms with Gasteiger partial charge in [-0.25, -0.2) is 9.78 Å². The lowest BCUT2D eigenvalue weighted by Crippen LogP contribution is -2.49. The summed E-state index contributed by atoms with van der Waals surface area (Å²) >= 11 is 5.93. The zero-order valence-corrected chi connectivity index (χ0v) is 16.1. The van der Waals surface area contributed by atoms with E-state index in [-0.39, 0.29) is 25.8 Å². The molecule has 1 aromatic carbocycles. The van der Waals surface area contributed by atoms with E-state index < -0.39 is 23.9 Å². The summed E-state index contributed by atoms with van der Waals surface area (Å²) in [6.45, 7) is 0.709. The zero-order chi connectivity index (χ0) is 20.3. The second-order valence-corrected chi connectivity index (χ2v) is 6.99. The zero-order valence-electron chi connectivity index (χ0n) is 15.3. The molecule has 1 atom stereocenters. The van der Waals surface area contributed by atoms with Gasteiger partial charge in [0.25, 0.3) is 0 Å². The van der Waals surface area contributed by atoms with Gasteiger partial charge in [-0.1, -0.05) is 23.7 Å². The van der Waals surface area contributed by atoms with Gasteiger partial charge in [0.1, 0.15) is 6.04 Å². The lowest BCUT2D eigenvalue weighted by atomic mass is 10.0. The molecule has 148 valence electrons. The van der Waals surface area contributed by atoms with E-state index in [4.69, 9.17) is 21.4 Å². The van der Waals surface area contributed by atoms with Crippen LogP contribution in [0.15, 0.2) is 30.6 Å². The third kappa shape index (κ3) is 4.33. The number of hydrogen-bond donors (Lipinski definition) is 1. The molecule has 9 heteroatoms. The molecule has 3 rings (SSSR count). The summed E-state index contributed by atoms with van der Waals surface area (Å²) in [6.07, 6.45) is 1.44. The highest BCUT2D eigenvalue weighted by Gasteiger charge is 2.37. The first-order valence-corrected chi connectivity index (χ1v) is 9.13. The number of amides is 1. The average Bonchev–Trinajstić information content (AvgIpc) is 3.08. The second kappa shape index (κ2) is 8.43. The maximum Gasteiger partial charge on any atom is 0.329 e. The number of benzene rings is 1. The van der Waals surface area contributed by atoms with Crippen LogP contribution in [0.4, 0.5) is 0 Å². The highest BCUT2D eigenvalue weighted by atomic mass is 35.5. The highest BCUT2D eigenvalue weighted by Crippen LogP contribution is 2.25. The lowest BCUT2D eigenvalue weighted by Gasteiger charge is -2.34. The third-order valence-electron chi connectivity index (χ3n) is 4.73. The maximum atomic E-state index is 12.6. The minimum atomic E-state index is -1.06. The van der Waals surface area contributed by atoms with E-state index in [1.807, 2.05) is 16.7 Å². The smallest absolute Gasteiger partial charge is 0.329 e. The van der Waals surface area contributed by atoms with Crippen LogP contribution in [0.25, 0.3) is 0 Å². The molecule has 0 saturated carbocycles. The molecule has 1 aliphatic rings. The van der Waals surface area contributed by atoms with Crippen molar-refractivity contribution < 1.29 is 24.2 Å². The van der Waals surface area contributed by atoms with Crippen molar-refractivity contribution in [1.82, 2.24) is 14.5 Å². The molecule has 0 radical (unpaired) electrons. The Hall–Kier alpha value is -2.87. The van der Waals surface area contributed by atoms with Crippen molar-refractivity contribution in [1.29, 1.82) is 0 Å². The number of fused-ring (bicyclic) bond motifs is 1. The fraction of sp³-hybridized carbons (Fsp3) is 0.368. The number of carboxylic acid groups (broad SMARTS) is 1. The number of carboxylic acids is 1. The molecule has 8 nitrogen and oxygen atoms in total. The van der Waals surface area contributed by atoms with Gasteiger partial charge in [0, 0.05) is 24.4 Å². The number of halogens is 1. The van der Waals surface area contributed by atoms with Crippen LogP contribution in [0.3, 0.4) is 0 Å². The van der Waals surface area contributed by atoms with Crippen molar-refractivity contribution in [3.05, 3.63) is 52.6 Å². The predicted molar refractivity (Wildman–Crippen MR) is 99.7 cm³/mol. The largest absolute Gasteiger partial charge is 0.481 e. The van der Waals surface area contributed by atoms with Crippen LogP contribution in [-0.4, -0.2) is 50.6 Å². The van der Waals surface area contributed by atoms with Crippen LogP contribution in [0.1, 0.15) is 29.8 Å². The number of carbonyl (C=O) groups excluding carboxylic acids is 2. The lowest BCUT2D eigenvalue weighted by molar-refractivity contribution is -0.154. The Bertz CT molecular complexity index is 893. The number of hydrogen-bond acceptors (Lipinski definition) is 5. The fourth-order valence-electron chi connectivity index (χ4n) is 3.26. The van der Waals surface area contributed by atoms with Crippen LogP contribution in [-0.2, 0) is 38.6 Å². The van der Waals surface area contributed by atoms with Gasteiger partial charge in [-0.05, 0) is 17.7 Å². The van der Waals surface area contributed by atoms with Gasteiger partial charge in [0.05, 0.1) is 37.8 Å². The number of esters is 1. The van der Waals surface area contributed by atoms with Gasteiger partial charge in [0.15, 0.2) is 0 Å². The summed E-state index contributed by atoms with van der Waals surface area (Å²) in [5, 5.41) is 9.49. The summed E-state index contributed by atoms with van der Waals surface area (Å²) in [5.74, 6) is -2.00. The molecule has 0 fully saturated rings. The van der Waals surface area contributed by atoms with Gasteiger partial charge in [-0.15, -0.1) is 0 Å². The van der Waals surface area contributed by atoms with Gasteiger partial charge in [0.2, 0.25) is 5.91 Å². The van der Waals surface area contributed by atoms with Crippen LogP contribution in [0.5, 0.6) is 0 Å². The fourth-order valence-corrected chi connectivity index (χ4v) is 3.38. The number of ether oxygens (including phenoxy) is 1. The number of imidazole rings is 1. The van der Waals surface area contributed by atoms with Crippen LogP contribution < -0.4 is 0 Å². The van der Waals surface area contributed by atoms with E-state index >= 15 is 0 Å². The topological polar surface area (TPSA) is 102 Å². The number of aliphatic carboxylic acids is 1. The standard InChI is InChI=1S/C19H20ClN3O5/c1-28-19(27)15-8-14-16(10-23(15)17(24)6-7-18(25)26)22(11-21-14)9-12-2-4-13(20)5-3-12/h2-5,11,15H,6-10H2,1H3,(H,25,26)/t15-/m0/s1. The molecule has 0 saturated heterocycles. The Morgan fingerprint density at radius 1 is 1.25 bits per heavy atom. The van der Waals surface area contributed by atoms with E-state index in [1.54, 1.807) is 18.5 Å². The van der Waals surface area contributed by atoms with Gasteiger partial charge < -0.3 is 19.3 Å². The minimum Gasteiger partial charge on any atom is -0.481 e. The predicted octanol–water partition coefficient (Wildman–Crippen LogP) is 1.88. The molecule has 0 unspecified atom stereocenters. The Morgan fingerprint density at radius 3 is 2.61 bits per heavy atom. The van der Waals surface area contributed by atoms with Gasteiger partial charge in [-0.2, -0.15) is 0 Å². The van der Waals surface area contributed by atoms with Crippen molar-refractivity contribution in [2.24, 2.45) is 0 Å². The number of methoxy groups -OCH3 is 1. The molecular formula is C19H20ClN3O5. The Morgan fingerprint density at radius 2 is 1.96 bits per heavy atom. The summed E-state index contributed by atoms with van der Waals surface area (Å²) in [5.41, 5.74) is 2.56. The van der Waals surface area contributed by atoms with Gasteiger partial charge >= 0.3 is 11.9 Å². The van der Waals surface area contributed by atoms with Crippen molar-refractivity contribution in [3.63, 3.8) is 0 Å². The van der Waals surface area contributed by atoms with E-state index in [0.717, 1.165) is 17.0 Å². The first-order chi connectivity index (χ1) is 13.4. The van der Waals surface area contributed by atoms with E-state index in [1.165, 1.54) is 12.0 Å². The monoisotopic (exact) mass is 405 g/mol. The van der Waals surface area contributed by atoms with Crippen molar-refractivity contribution in [2.45, 2.75) is 38.4 Å². The second-order valence-electron chi connectivity index (χ2n) is 6.55. The number of aromatic nitrogens is 2. The van der Waals surface area contributed by atoms with Crippen molar-refractivity contribution in [2.75, 3.05) is 7.11 Å². The Labute approximate surface area is 166 Å². The molecule has 0 aliphatic carbocycles. The van der Waals surface area contributed by atoms with Crippen LogP contribution in [0, 0.1) is 0 Å². The normalized spacial score (nSPS) is 15.8. The Kier molecular flexibility index (Phi) is 5.99. The van der Waals surface area contributed by atoms with E-state index in [9.17, 15) is 14.4 Å².